The van der Waals surface area contributed by atoms with Gasteiger partial charge in [-0.2, -0.15) is 12.6 Å². The Balaban J connectivity index is 4.53. The third-order valence-electron chi connectivity index (χ3n) is 2.08. The van der Waals surface area contributed by atoms with Crippen molar-refractivity contribution in [1.82, 2.24) is 10.2 Å². The highest BCUT2D eigenvalue weighted by Gasteiger charge is 2.22. The second kappa shape index (κ2) is 9.07. The average molecular weight is 260 g/mol. The summed E-state index contributed by atoms with van der Waals surface area (Å²) in [6.45, 7) is 6.30. The van der Waals surface area contributed by atoms with Crippen LogP contribution in [0, 0.1) is 0 Å². The molecule has 17 heavy (non-hydrogen) atoms. The number of carbonyl (C=O) groups is 2. The van der Waals surface area contributed by atoms with Crippen LogP contribution in [0.3, 0.4) is 0 Å². The standard InChI is InChI=1S/C11H20N2O3S/c1-4-5-13(6-7-16-3)11(15)10(8-17)12-9(2)14/h4,10,17H,1,5-8H2,2-3H3,(H,12,14). The maximum absolute atomic E-state index is 12.1. The summed E-state index contributed by atoms with van der Waals surface area (Å²) in [5.41, 5.74) is 0. The second-order valence-corrected chi connectivity index (χ2v) is 3.87. The van der Waals surface area contributed by atoms with E-state index >= 15 is 0 Å². The molecule has 1 atom stereocenters. The lowest BCUT2D eigenvalue weighted by molar-refractivity contribution is -0.135. The molecular formula is C11H20N2O3S. The number of thiol groups is 1. The van der Waals surface area contributed by atoms with Gasteiger partial charge >= 0.3 is 0 Å². The number of methoxy groups -OCH3 is 1. The van der Waals surface area contributed by atoms with Gasteiger partial charge in [0, 0.05) is 32.9 Å². The summed E-state index contributed by atoms with van der Waals surface area (Å²) in [4.78, 5) is 24.6. The topological polar surface area (TPSA) is 58.6 Å². The normalized spacial score (nSPS) is 11.7. The van der Waals surface area contributed by atoms with Gasteiger partial charge in [0.15, 0.2) is 0 Å². The lowest BCUT2D eigenvalue weighted by Gasteiger charge is -2.25. The fraction of sp³-hybridized carbons (Fsp3) is 0.636. The third kappa shape index (κ3) is 6.33. The van der Waals surface area contributed by atoms with Crippen molar-refractivity contribution in [2.45, 2.75) is 13.0 Å². The molecule has 0 bridgehead atoms. The number of ether oxygens (including phenoxy) is 1. The van der Waals surface area contributed by atoms with Crippen LogP contribution in [0.4, 0.5) is 0 Å². The summed E-state index contributed by atoms with van der Waals surface area (Å²) in [6.07, 6.45) is 1.64. The van der Waals surface area contributed by atoms with E-state index in [4.69, 9.17) is 4.74 Å². The number of carbonyl (C=O) groups excluding carboxylic acids is 2. The highest BCUT2D eigenvalue weighted by molar-refractivity contribution is 7.80. The van der Waals surface area contributed by atoms with Crippen LogP contribution >= 0.6 is 12.6 Å². The van der Waals surface area contributed by atoms with Crippen LogP contribution in [0.25, 0.3) is 0 Å². The van der Waals surface area contributed by atoms with Gasteiger partial charge in [-0.15, -0.1) is 6.58 Å². The average Bonchev–Trinajstić information content (AvgIpc) is 2.30. The Morgan fingerprint density at radius 3 is 2.65 bits per heavy atom. The zero-order valence-electron chi connectivity index (χ0n) is 10.3. The molecule has 0 fully saturated rings. The molecule has 0 spiro atoms. The number of nitrogens with zero attached hydrogens (tertiary/aromatic N) is 1. The van der Waals surface area contributed by atoms with Crippen LogP contribution < -0.4 is 5.32 Å². The van der Waals surface area contributed by atoms with E-state index in [1.165, 1.54) is 6.92 Å². The Labute approximate surface area is 108 Å². The maximum Gasteiger partial charge on any atom is 0.246 e. The van der Waals surface area contributed by atoms with Crippen molar-refractivity contribution >= 4 is 24.4 Å². The molecule has 0 saturated heterocycles. The molecule has 5 nitrogen and oxygen atoms in total. The molecule has 0 radical (unpaired) electrons. The van der Waals surface area contributed by atoms with Crippen LogP contribution in [0.5, 0.6) is 0 Å². The van der Waals surface area contributed by atoms with E-state index in [0.29, 0.717) is 19.7 Å². The summed E-state index contributed by atoms with van der Waals surface area (Å²) < 4.78 is 4.93. The van der Waals surface area contributed by atoms with E-state index in [1.54, 1.807) is 18.1 Å². The molecule has 0 rings (SSSR count). The maximum atomic E-state index is 12.1. The summed E-state index contributed by atoms with van der Waals surface area (Å²) in [5.74, 6) is -0.159. The van der Waals surface area contributed by atoms with Crippen molar-refractivity contribution in [3.63, 3.8) is 0 Å². The Morgan fingerprint density at radius 1 is 1.59 bits per heavy atom. The van der Waals surface area contributed by atoms with Gasteiger partial charge < -0.3 is 15.0 Å². The van der Waals surface area contributed by atoms with Crippen LogP contribution in [0.1, 0.15) is 6.92 Å². The number of nitrogens with one attached hydrogen (secondary N) is 1. The fourth-order valence-electron chi connectivity index (χ4n) is 1.30. The van der Waals surface area contributed by atoms with Gasteiger partial charge in [0.1, 0.15) is 6.04 Å². The van der Waals surface area contributed by atoms with Crippen molar-refractivity contribution < 1.29 is 14.3 Å². The summed E-state index contributed by atoms with van der Waals surface area (Å²) in [7, 11) is 1.57. The molecular weight excluding hydrogens is 240 g/mol. The smallest absolute Gasteiger partial charge is 0.246 e. The molecule has 0 aliphatic heterocycles. The molecule has 0 aromatic carbocycles. The van der Waals surface area contributed by atoms with Gasteiger partial charge in [-0.1, -0.05) is 6.08 Å². The quantitative estimate of drug-likeness (QED) is 0.480. The molecule has 0 aromatic rings. The van der Waals surface area contributed by atoms with Gasteiger partial charge in [-0.3, -0.25) is 9.59 Å². The van der Waals surface area contributed by atoms with E-state index in [0.717, 1.165) is 0 Å². The molecule has 0 saturated carbocycles. The van der Waals surface area contributed by atoms with E-state index in [-0.39, 0.29) is 17.6 Å². The largest absolute Gasteiger partial charge is 0.383 e. The number of hydrogen-bond donors (Lipinski definition) is 2. The third-order valence-corrected chi connectivity index (χ3v) is 2.45. The molecule has 2 amide bonds. The van der Waals surface area contributed by atoms with Gasteiger partial charge in [0.05, 0.1) is 6.61 Å². The lowest BCUT2D eigenvalue weighted by atomic mass is 10.2. The van der Waals surface area contributed by atoms with Crippen molar-refractivity contribution in [2.75, 3.05) is 32.6 Å². The number of hydrogen-bond acceptors (Lipinski definition) is 4. The molecule has 0 aromatic heterocycles. The lowest BCUT2D eigenvalue weighted by Crippen LogP contribution is -2.50. The van der Waals surface area contributed by atoms with Crippen molar-refractivity contribution in [1.29, 1.82) is 0 Å². The number of rotatable bonds is 8. The van der Waals surface area contributed by atoms with Crippen LogP contribution in [0.15, 0.2) is 12.7 Å². The Morgan fingerprint density at radius 2 is 2.24 bits per heavy atom. The van der Waals surface area contributed by atoms with Gasteiger partial charge in [0.25, 0.3) is 0 Å². The summed E-state index contributed by atoms with van der Waals surface area (Å²) in [6, 6.07) is -0.604. The summed E-state index contributed by atoms with van der Waals surface area (Å²) >= 11 is 4.06. The predicted molar refractivity (Wildman–Crippen MR) is 70.1 cm³/mol. The van der Waals surface area contributed by atoms with Crippen molar-refractivity contribution in [3.8, 4) is 0 Å². The first-order valence-corrected chi connectivity index (χ1v) is 5.96. The minimum atomic E-state index is -0.604. The van der Waals surface area contributed by atoms with Gasteiger partial charge in [-0.05, 0) is 0 Å². The monoisotopic (exact) mass is 260 g/mol. The van der Waals surface area contributed by atoms with Crippen LogP contribution in [0.2, 0.25) is 0 Å². The van der Waals surface area contributed by atoms with Crippen LogP contribution in [-0.2, 0) is 14.3 Å². The van der Waals surface area contributed by atoms with Gasteiger partial charge in [-0.25, -0.2) is 0 Å². The van der Waals surface area contributed by atoms with Gasteiger partial charge in [0.2, 0.25) is 11.8 Å². The second-order valence-electron chi connectivity index (χ2n) is 3.50. The van der Waals surface area contributed by atoms with E-state index < -0.39 is 6.04 Å². The minimum absolute atomic E-state index is 0.174. The fourth-order valence-corrected chi connectivity index (χ4v) is 1.55. The molecule has 0 aliphatic rings. The van der Waals surface area contributed by atoms with E-state index in [2.05, 4.69) is 24.5 Å². The highest BCUT2D eigenvalue weighted by Crippen LogP contribution is 1.99. The molecule has 6 heteroatoms. The van der Waals surface area contributed by atoms with Crippen LogP contribution in [-0.4, -0.2) is 55.3 Å². The first-order chi connectivity index (χ1) is 8.06. The molecule has 0 heterocycles. The van der Waals surface area contributed by atoms with Crippen molar-refractivity contribution in [2.24, 2.45) is 0 Å². The predicted octanol–water partition coefficient (Wildman–Crippen LogP) is 0.0819. The Hall–Kier alpha value is -1.01. The first-order valence-electron chi connectivity index (χ1n) is 5.33. The minimum Gasteiger partial charge on any atom is -0.383 e. The molecule has 1 N–H and O–H groups in total. The molecule has 1 unspecified atom stereocenters. The molecule has 0 aliphatic carbocycles. The first kappa shape index (κ1) is 16.0. The van der Waals surface area contributed by atoms with E-state index in [1.807, 2.05) is 0 Å². The van der Waals surface area contributed by atoms with Crippen molar-refractivity contribution in [3.05, 3.63) is 12.7 Å². The highest BCUT2D eigenvalue weighted by atomic mass is 32.1. The van der Waals surface area contributed by atoms with E-state index in [9.17, 15) is 9.59 Å². The number of amides is 2. The SMILES string of the molecule is C=CCN(CCOC)C(=O)C(CS)NC(C)=O. The summed E-state index contributed by atoms with van der Waals surface area (Å²) in [5, 5.41) is 2.56. The molecule has 98 valence electrons. The Bertz CT molecular complexity index is 271. The zero-order chi connectivity index (χ0) is 13.3. The zero-order valence-corrected chi connectivity index (χ0v) is 11.2. The Kier molecular flexibility index (Phi) is 8.53.